The maximum Gasteiger partial charge on any atom is 0.247 e. The predicted octanol–water partition coefficient (Wildman–Crippen LogP) is 4.95. The van der Waals surface area contributed by atoms with E-state index >= 15 is 0 Å². The Labute approximate surface area is 169 Å². The smallest absolute Gasteiger partial charge is 0.247 e. The third kappa shape index (κ3) is 4.68. The molecule has 142 valence electrons. The maximum absolute atomic E-state index is 14.1. The molecule has 1 aromatic carbocycles. The van der Waals surface area contributed by atoms with Gasteiger partial charge < -0.3 is 10.4 Å². The second kappa shape index (κ2) is 8.39. The monoisotopic (exact) mass is 429 g/mol. The van der Waals surface area contributed by atoms with Gasteiger partial charge in [-0.15, -0.1) is 5.10 Å². The zero-order valence-electron chi connectivity index (χ0n) is 14.1. The number of nitrogens with one attached hydrogen (secondary N) is 1. The summed E-state index contributed by atoms with van der Waals surface area (Å²) in [6.07, 6.45) is -0.1000. The summed E-state index contributed by atoms with van der Waals surface area (Å²) < 4.78 is 15.6. The first-order valence-corrected chi connectivity index (χ1v) is 9.18. The molecule has 0 amide bonds. The average molecular weight is 431 g/mol. The van der Waals surface area contributed by atoms with E-state index in [2.05, 4.69) is 20.4 Å². The Hall–Kier alpha value is -1.93. The molecule has 27 heavy (non-hydrogen) atoms. The molecule has 0 aliphatic heterocycles. The van der Waals surface area contributed by atoms with E-state index in [-0.39, 0.29) is 33.5 Å². The molecule has 3 rings (SSSR count). The Kier molecular flexibility index (Phi) is 6.16. The van der Waals surface area contributed by atoms with Crippen LogP contribution in [0.3, 0.4) is 0 Å². The van der Waals surface area contributed by atoms with Crippen molar-refractivity contribution in [2.45, 2.75) is 26.0 Å². The van der Waals surface area contributed by atoms with Crippen molar-refractivity contribution >= 4 is 46.4 Å². The normalized spacial score (nSPS) is 12.2. The second-order valence-corrected chi connectivity index (χ2v) is 6.91. The highest BCUT2D eigenvalue weighted by molar-refractivity contribution is 6.32. The number of hydrogen-bond acceptors (Lipinski definition) is 5. The van der Waals surface area contributed by atoms with Crippen LogP contribution < -0.4 is 5.32 Å². The first-order chi connectivity index (χ1) is 12.9. The standard InChI is InChI=1S/C17H15Cl3FN5O/c1-2-10(27)8-26-16(9-6-13(19)23-14(20)7-9)24-17(25-26)22-12-5-3-4-11(18)15(12)21/h3-7,10,27H,2,8H2,1H3,(H,22,25). The van der Waals surface area contributed by atoms with Crippen LogP contribution in [-0.4, -0.2) is 31.0 Å². The molecule has 3 aromatic rings. The van der Waals surface area contributed by atoms with Crippen molar-refractivity contribution in [1.82, 2.24) is 19.7 Å². The van der Waals surface area contributed by atoms with Gasteiger partial charge in [-0.1, -0.05) is 47.8 Å². The first-order valence-electron chi connectivity index (χ1n) is 8.04. The molecular formula is C17H15Cl3FN5O. The first kappa shape index (κ1) is 19.8. The van der Waals surface area contributed by atoms with E-state index in [1.165, 1.54) is 16.8 Å². The van der Waals surface area contributed by atoms with Crippen LogP contribution in [0.15, 0.2) is 30.3 Å². The molecule has 6 nitrogen and oxygen atoms in total. The molecule has 2 heterocycles. The number of aromatic nitrogens is 4. The molecule has 0 saturated carbocycles. The van der Waals surface area contributed by atoms with Crippen LogP contribution >= 0.6 is 34.8 Å². The van der Waals surface area contributed by atoms with Crippen molar-refractivity contribution in [1.29, 1.82) is 0 Å². The van der Waals surface area contributed by atoms with Gasteiger partial charge in [-0.2, -0.15) is 4.98 Å². The molecular weight excluding hydrogens is 416 g/mol. The van der Waals surface area contributed by atoms with Gasteiger partial charge in [0.1, 0.15) is 10.3 Å². The summed E-state index contributed by atoms with van der Waals surface area (Å²) >= 11 is 17.8. The molecule has 1 unspecified atom stereocenters. The molecule has 0 fully saturated rings. The number of nitrogens with zero attached hydrogens (tertiary/aromatic N) is 4. The third-order valence-electron chi connectivity index (χ3n) is 3.75. The van der Waals surface area contributed by atoms with Gasteiger partial charge >= 0.3 is 0 Å². The van der Waals surface area contributed by atoms with Gasteiger partial charge in [0.2, 0.25) is 5.95 Å². The number of rotatable bonds is 6. The van der Waals surface area contributed by atoms with Crippen LogP contribution in [0.1, 0.15) is 13.3 Å². The molecule has 0 spiro atoms. The van der Waals surface area contributed by atoms with Crippen LogP contribution in [-0.2, 0) is 6.54 Å². The number of aliphatic hydroxyl groups is 1. The Morgan fingerprint density at radius 1 is 1.19 bits per heavy atom. The molecule has 0 bridgehead atoms. The number of hydrogen-bond donors (Lipinski definition) is 2. The summed E-state index contributed by atoms with van der Waals surface area (Å²) in [7, 11) is 0. The van der Waals surface area contributed by atoms with Crippen molar-refractivity contribution in [3.63, 3.8) is 0 Å². The molecule has 0 aliphatic carbocycles. The lowest BCUT2D eigenvalue weighted by Crippen LogP contribution is -2.16. The van der Waals surface area contributed by atoms with E-state index in [1.807, 2.05) is 6.92 Å². The van der Waals surface area contributed by atoms with Crippen molar-refractivity contribution in [2.24, 2.45) is 0 Å². The molecule has 1 atom stereocenters. The molecule has 0 aliphatic rings. The van der Waals surface area contributed by atoms with E-state index < -0.39 is 11.9 Å². The van der Waals surface area contributed by atoms with E-state index in [1.54, 1.807) is 18.2 Å². The molecule has 0 saturated heterocycles. The van der Waals surface area contributed by atoms with Gasteiger partial charge in [-0.05, 0) is 30.7 Å². The summed E-state index contributed by atoms with van der Waals surface area (Å²) in [4.78, 5) is 8.30. The molecule has 2 aromatic heterocycles. The Morgan fingerprint density at radius 2 is 1.89 bits per heavy atom. The van der Waals surface area contributed by atoms with Crippen molar-refractivity contribution < 1.29 is 9.50 Å². The van der Waals surface area contributed by atoms with Crippen LogP contribution in [0.25, 0.3) is 11.4 Å². The Balaban J connectivity index is 2.02. The number of halogens is 4. The quantitative estimate of drug-likeness (QED) is 0.541. The van der Waals surface area contributed by atoms with Gasteiger partial charge in [0, 0.05) is 5.56 Å². The van der Waals surface area contributed by atoms with E-state index in [0.717, 1.165) is 0 Å². The maximum atomic E-state index is 14.1. The minimum Gasteiger partial charge on any atom is -0.391 e. The topological polar surface area (TPSA) is 75.9 Å². The highest BCUT2D eigenvalue weighted by Gasteiger charge is 2.17. The number of anilines is 2. The fraction of sp³-hybridized carbons (Fsp3) is 0.235. The summed E-state index contributed by atoms with van der Waals surface area (Å²) in [5.41, 5.74) is 0.698. The van der Waals surface area contributed by atoms with Crippen molar-refractivity contribution in [3.8, 4) is 11.4 Å². The van der Waals surface area contributed by atoms with E-state index in [0.29, 0.717) is 17.8 Å². The highest BCUT2D eigenvalue weighted by Crippen LogP contribution is 2.28. The zero-order valence-corrected chi connectivity index (χ0v) is 16.4. The van der Waals surface area contributed by atoms with Crippen molar-refractivity contribution in [3.05, 3.63) is 51.5 Å². The Morgan fingerprint density at radius 3 is 2.56 bits per heavy atom. The number of benzene rings is 1. The lowest BCUT2D eigenvalue weighted by molar-refractivity contribution is 0.146. The van der Waals surface area contributed by atoms with Gasteiger partial charge in [0.25, 0.3) is 0 Å². The van der Waals surface area contributed by atoms with Gasteiger partial charge in [-0.3, -0.25) is 0 Å². The number of pyridine rings is 1. The average Bonchev–Trinajstić information content (AvgIpc) is 3.00. The Bertz CT molecular complexity index is 945. The fourth-order valence-electron chi connectivity index (χ4n) is 2.38. The van der Waals surface area contributed by atoms with Crippen molar-refractivity contribution in [2.75, 3.05) is 5.32 Å². The van der Waals surface area contributed by atoms with Gasteiger partial charge in [-0.25, -0.2) is 14.1 Å². The summed E-state index contributed by atoms with van der Waals surface area (Å²) in [5.74, 6) is -0.0715. The van der Waals surface area contributed by atoms with Gasteiger partial charge in [0.05, 0.1) is 23.4 Å². The lowest BCUT2D eigenvalue weighted by atomic mass is 10.2. The molecule has 10 heteroatoms. The largest absolute Gasteiger partial charge is 0.391 e. The fourth-order valence-corrected chi connectivity index (χ4v) is 3.01. The third-order valence-corrected chi connectivity index (χ3v) is 4.42. The lowest BCUT2D eigenvalue weighted by Gasteiger charge is -2.10. The summed E-state index contributed by atoms with van der Waals surface area (Å²) in [6.45, 7) is 2.04. The molecule has 0 radical (unpaired) electrons. The minimum absolute atomic E-state index is 0.0197. The number of aliphatic hydroxyl groups excluding tert-OH is 1. The summed E-state index contributed by atoms with van der Waals surface area (Å²) in [6, 6.07) is 7.72. The second-order valence-electron chi connectivity index (χ2n) is 5.73. The SMILES string of the molecule is CCC(O)Cn1nc(Nc2cccc(Cl)c2F)nc1-c1cc(Cl)nc(Cl)c1. The van der Waals surface area contributed by atoms with Crippen LogP contribution in [0.4, 0.5) is 16.0 Å². The van der Waals surface area contributed by atoms with Crippen LogP contribution in [0, 0.1) is 5.82 Å². The minimum atomic E-state index is -0.631. The van der Waals surface area contributed by atoms with Crippen LogP contribution in [0.2, 0.25) is 15.3 Å². The van der Waals surface area contributed by atoms with E-state index in [9.17, 15) is 9.50 Å². The van der Waals surface area contributed by atoms with Crippen LogP contribution in [0.5, 0.6) is 0 Å². The zero-order chi connectivity index (χ0) is 19.6. The predicted molar refractivity (Wildman–Crippen MR) is 104 cm³/mol. The van der Waals surface area contributed by atoms with E-state index in [4.69, 9.17) is 34.8 Å². The highest BCUT2D eigenvalue weighted by atomic mass is 35.5. The van der Waals surface area contributed by atoms with Gasteiger partial charge in [0.15, 0.2) is 11.6 Å². The molecule has 2 N–H and O–H groups in total. The summed E-state index contributed by atoms with van der Waals surface area (Å²) in [5, 5.41) is 17.5.